The SMILES string of the molecule is Cc1ccc(CN(C(=O)CN(c2ccc(C(C)(C)C)cc2)S(C)(=O)=O)[C@@H](Cc2ccccc2)C(=O)NC2CCCC2)cc1. The van der Waals surface area contributed by atoms with Crippen LogP contribution in [0.15, 0.2) is 78.9 Å². The zero-order valence-corrected chi connectivity index (χ0v) is 26.9. The van der Waals surface area contributed by atoms with E-state index in [0.29, 0.717) is 12.1 Å². The number of nitrogens with one attached hydrogen (secondary N) is 1. The first kappa shape index (κ1) is 32.3. The van der Waals surface area contributed by atoms with E-state index in [1.807, 2.05) is 73.7 Å². The molecule has 1 aliphatic rings. The van der Waals surface area contributed by atoms with E-state index in [9.17, 15) is 18.0 Å². The lowest BCUT2D eigenvalue weighted by Crippen LogP contribution is -2.54. The van der Waals surface area contributed by atoms with Crippen molar-refractivity contribution in [1.29, 1.82) is 0 Å². The Labute approximate surface area is 257 Å². The van der Waals surface area contributed by atoms with Gasteiger partial charge in [-0.05, 0) is 54.0 Å². The molecular weight excluding hydrogens is 558 g/mol. The maximum Gasteiger partial charge on any atom is 0.244 e. The Balaban J connectivity index is 1.71. The summed E-state index contributed by atoms with van der Waals surface area (Å²) in [6.07, 6.45) is 5.40. The van der Waals surface area contributed by atoms with Crippen LogP contribution in [0.1, 0.15) is 68.7 Å². The minimum absolute atomic E-state index is 0.0796. The van der Waals surface area contributed by atoms with Gasteiger partial charge in [0.2, 0.25) is 21.8 Å². The van der Waals surface area contributed by atoms with Crippen LogP contribution in [-0.4, -0.2) is 50.0 Å². The molecule has 0 saturated heterocycles. The van der Waals surface area contributed by atoms with E-state index in [1.165, 1.54) is 0 Å². The third-order valence-corrected chi connectivity index (χ3v) is 9.29. The fraction of sp³-hybridized carbons (Fsp3) is 0.429. The predicted molar refractivity (Wildman–Crippen MR) is 173 cm³/mol. The van der Waals surface area contributed by atoms with E-state index in [0.717, 1.165) is 58.5 Å². The molecule has 3 aromatic carbocycles. The zero-order valence-electron chi connectivity index (χ0n) is 26.0. The number of hydrogen-bond donors (Lipinski definition) is 1. The van der Waals surface area contributed by atoms with Crippen LogP contribution in [0.25, 0.3) is 0 Å². The predicted octanol–water partition coefficient (Wildman–Crippen LogP) is 5.76. The first-order chi connectivity index (χ1) is 20.3. The van der Waals surface area contributed by atoms with Gasteiger partial charge in [-0.2, -0.15) is 0 Å². The lowest BCUT2D eigenvalue weighted by molar-refractivity contribution is -0.140. The molecule has 1 N–H and O–H groups in total. The van der Waals surface area contributed by atoms with Gasteiger partial charge >= 0.3 is 0 Å². The van der Waals surface area contributed by atoms with Gasteiger partial charge in [0.1, 0.15) is 12.6 Å². The molecule has 0 bridgehead atoms. The number of carbonyl (C=O) groups is 2. The number of amides is 2. The van der Waals surface area contributed by atoms with Gasteiger partial charge in [0.05, 0.1) is 11.9 Å². The quantitative estimate of drug-likeness (QED) is 0.302. The maximum atomic E-state index is 14.3. The normalized spacial score (nSPS) is 14.7. The minimum atomic E-state index is -3.81. The average molecular weight is 604 g/mol. The molecule has 0 heterocycles. The van der Waals surface area contributed by atoms with Gasteiger partial charge < -0.3 is 10.2 Å². The summed E-state index contributed by atoms with van der Waals surface area (Å²) in [5.74, 6) is -0.648. The number of hydrogen-bond acceptors (Lipinski definition) is 4. The standard InChI is InChI=1S/C35H45N3O4S/c1-26-15-17-28(18-16-26)24-37(32(23-27-11-7-6-8-12-27)34(40)36-30-13-9-10-14-30)33(39)25-38(43(5,41)42)31-21-19-29(20-22-31)35(2,3)4/h6-8,11-12,15-22,30,32H,9-10,13-14,23-25H2,1-5H3,(H,36,40)/t32-/m0/s1. The van der Waals surface area contributed by atoms with Gasteiger partial charge in [-0.3, -0.25) is 13.9 Å². The molecule has 8 heteroatoms. The zero-order chi connectivity index (χ0) is 31.2. The van der Waals surface area contributed by atoms with Gasteiger partial charge in [-0.1, -0.05) is 106 Å². The highest BCUT2D eigenvalue weighted by atomic mass is 32.2. The molecule has 3 aromatic rings. The Bertz CT molecular complexity index is 1470. The lowest BCUT2D eigenvalue weighted by Gasteiger charge is -2.34. The second kappa shape index (κ2) is 13.8. The van der Waals surface area contributed by atoms with Crippen LogP contribution in [0.3, 0.4) is 0 Å². The van der Waals surface area contributed by atoms with E-state index in [2.05, 4.69) is 26.1 Å². The Morgan fingerprint density at radius 2 is 1.49 bits per heavy atom. The fourth-order valence-electron chi connectivity index (χ4n) is 5.55. The first-order valence-corrected chi connectivity index (χ1v) is 16.9. The van der Waals surface area contributed by atoms with E-state index < -0.39 is 28.5 Å². The highest BCUT2D eigenvalue weighted by Gasteiger charge is 2.34. The van der Waals surface area contributed by atoms with Crippen LogP contribution in [-0.2, 0) is 38.0 Å². The highest BCUT2D eigenvalue weighted by molar-refractivity contribution is 7.92. The van der Waals surface area contributed by atoms with Crippen molar-refractivity contribution in [2.75, 3.05) is 17.1 Å². The number of benzene rings is 3. The molecule has 4 rings (SSSR count). The Hall–Kier alpha value is -3.65. The van der Waals surface area contributed by atoms with Gasteiger partial charge in [0.25, 0.3) is 0 Å². The summed E-state index contributed by atoms with van der Waals surface area (Å²) in [4.78, 5) is 29.8. The molecule has 0 aromatic heterocycles. The molecule has 0 radical (unpaired) electrons. The van der Waals surface area contributed by atoms with Crippen molar-refractivity contribution >= 4 is 27.5 Å². The van der Waals surface area contributed by atoms with E-state index in [4.69, 9.17) is 0 Å². The largest absolute Gasteiger partial charge is 0.352 e. The Morgan fingerprint density at radius 1 is 0.884 bits per heavy atom. The second-order valence-electron chi connectivity index (χ2n) is 12.8. The van der Waals surface area contributed by atoms with Crippen molar-refractivity contribution in [3.63, 3.8) is 0 Å². The molecule has 1 aliphatic carbocycles. The molecule has 1 fully saturated rings. The van der Waals surface area contributed by atoms with E-state index in [1.54, 1.807) is 17.0 Å². The molecule has 2 amide bonds. The summed E-state index contributed by atoms with van der Waals surface area (Å²) in [7, 11) is -3.81. The molecule has 7 nitrogen and oxygen atoms in total. The summed E-state index contributed by atoms with van der Waals surface area (Å²) in [6, 6.07) is 24.0. The average Bonchev–Trinajstić information content (AvgIpc) is 3.47. The summed E-state index contributed by atoms with van der Waals surface area (Å²) < 4.78 is 27.3. The van der Waals surface area contributed by atoms with Gasteiger partial charge in [-0.25, -0.2) is 8.42 Å². The third kappa shape index (κ3) is 8.92. The Morgan fingerprint density at radius 3 is 2.05 bits per heavy atom. The van der Waals surface area contributed by atoms with Crippen molar-refractivity contribution < 1.29 is 18.0 Å². The van der Waals surface area contributed by atoms with Crippen molar-refractivity contribution in [2.24, 2.45) is 0 Å². The van der Waals surface area contributed by atoms with Gasteiger partial charge in [0.15, 0.2) is 0 Å². The highest BCUT2D eigenvalue weighted by Crippen LogP contribution is 2.27. The van der Waals surface area contributed by atoms with Crippen molar-refractivity contribution in [3.05, 3.63) is 101 Å². The molecule has 1 atom stereocenters. The smallest absolute Gasteiger partial charge is 0.244 e. The molecular formula is C35H45N3O4S. The summed E-state index contributed by atoms with van der Waals surface area (Å²) >= 11 is 0. The van der Waals surface area contributed by atoms with E-state index in [-0.39, 0.29) is 23.9 Å². The van der Waals surface area contributed by atoms with Crippen LogP contribution >= 0.6 is 0 Å². The summed E-state index contributed by atoms with van der Waals surface area (Å²) in [5, 5.41) is 3.20. The lowest BCUT2D eigenvalue weighted by atomic mass is 9.87. The van der Waals surface area contributed by atoms with Gasteiger partial charge in [0, 0.05) is 19.0 Å². The third-order valence-electron chi connectivity index (χ3n) is 8.15. The van der Waals surface area contributed by atoms with Crippen LogP contribution in [0.4, 0.5) is 5.69 Å². The van der Waals surface area contributed by atoms with Crippen LogP contribution in [0.2, 0.25) is 0 Å². The molecule has 0 unspecified atom stereocenters. The topological polar surface area (TPSA) is 86.8 Å². The number of rotatable bonds is 11. The minimum Gasteiger partial charge on any atom is -0.352 e. The summed E-state index contributed by atoms with van der Waals surface area (Å²) in [5.41, 5.74) is 4.24. The number of anilines is 1. The van der Waals surface area contributed by atoms with Crippen molar-refractivity contribution in [1.82, 2.24) is 10.2 Å². The number of carbonyl (C=O) groups excluding carboxylic acids is 2. The number of aryl methyl sites for hydroxylation is 1. The van der Waals surface area contributed by atoms with Crippen molar-refractivity contribution in [3.8, 4) is 0 Å². The molecule has 1 saturated carbocycles. The van der Waals surface area contributed by atoms with Crippen LogP contribution < -0.4 is 9.62 Å². The number of nitrogens with zero attached hydrogens (tertiary/aromatic N) is 2. The first-order valence-electron chi connectivity index (χ1n) is 15.1. The second-order valence-corrected chi connectivity index (χ2v) is 14.7. The fourth-order valence-corrected chi connectivity index (χ4v) is 6.40. The van der Waals surface area contributed by atoms with Gasteiger partial charge in [-0.15, -0.1) is 0 Å². The molecule has 0 aliphatic heterocycles. The molecule has 43 heavy (non-hydrogen) atoms. The maximum absolute atomic E-state index is 14.3. The molecule has 230 valence electrons. The van der Waals surface area contributed by atoms with Crippen LogP contribution in [0, 0.1) is 6.92 Å². The molecule has 0 spiro atoms. The van der Waals surface area contributed by atoms with E-state index >= 15 is 0 Å². The van der Waals surface area contributed by atoms with Crippen LogP contribution in [0.5, 0.6) is 0 Å². The van der Waals surface area contributed by atoms with Crippen molar-refractivity contribution in [2.45, 2.75) is 83.8 Å². The number of sulfonamides is 1. The monoisotopic (exact) mass is 603 g/mol. The Kier molecular flexibility index (Phi) is 10.3. The summed E-state index contributed by atoms with van der Waals surface area (Å²) in [6.45, 7) is 8.02.